The van der Waals surface area contributed by atoms with Crippen molar-refractivity contribution in [3.63, 3.8) is 0 Å². The molecule has 4 rings (SSSR count). The summed E-state index contributed by atoms with van der Waals surface area (Å²) in [6.45, 7) is 12.5. The largest absolute Gasteiger partial charge is 0.379 e. The molecule has 0 aliphatic carbocycles. The number of imidazole rings is 1. The molecule has 1 unspecified atom stereocenters. The molecule has 0 bridgehead atoms. The van der Waals surface area contributed by atoms with Gasteiger partial charge in [-0.3, -0.25) is 4.90 Å². The number of hydrogen-bond acceptors (Lipinski definition) is 4. The summed E-state index contributed by atoms with van der Waals surface area (Å²) in [6, 6.07) is 9.33. The SMILES string of the molecule is CCNC(=NCc1cccc(Cn2ccnc2C)c1)N1CCC(N2CCOCC2)C1.I. The van der Waals surface area contributed by atoms with Gasteiger partial charge in [0.05, 0.1) is 19.8 Å². The van der Waals surface area contributed by atoms with Crippen LogP contribution < -0.4 is 5.32 Å². The highest BCUT2D eigenvalue weighted by Crippen LogP contribution is 2.17. The highest BCUT2D eigenvalue weighted by Gasteiger charge is 2.30. The molecule has 7 nitrogen and oxygen atoms in total. The molecule has 1 N–H and O–H groups in total. The number of nitrogens with one attached hydrogen (secondary N) is 1. The number of aromatic nitrogens is 2. The van der Waals surface area contributed by atoms with E-state index in [0.717, 1.165) is 64.3 Å². The van der Waals surface area contributed by atoms with Gasteiger partial charge in [0.1, 0.15) is 5.82 Å². The van der Waals surface area contributed by atoms with Gasteiger partial charge in [0.2, 0.25) is 0 Å². The summed E-state index contributed by atoms with van der Waals surface area (Å²) in [6.07, 6.45) is 5.08. The average molecular weight is 538 g/mol. The highest BCUT2D eigenvalue weighted by molar-refractivity contribution is 14.0. The smallest absolute Gasteiger partial charge is 0.194 e. The molecule has 1 aromatic heterocycles. The molecule has 0 amide bonds. The van der Waals surface area contributed by atoms with E-state index in [1.54, 1.807) is 0 Å². The van der Waals surface area contributed by atoms with Crippen molar-refractivity contribution in [1.82, 2.24) is 24.7 Å². The van der Waals surface area contributed by atoms with E-state index in [-0.39, 0.29) is 24.0 Å². The predicted octanol–water partition coefficient (Wildman–Crippen LogP) is 2.73. The topological polar surface area (TPSA) is 57.9 Å². The number of aryl methyl sites for hydroxylation is 1. The maximum atomic E-state index is 5.51. The van der Waals surface area contributed by atoms with E-state index in [1.165, 1.54) is 17.5 Å². The molecule has 31 heavy (non-hydrogen) atoms. The molecule has 0 radical (unpaired) electrons. The molecule has 0 saturated carbocycles. The molecule has 2 aromatic rings. The molecule has 1 atom stereocenters. The van der Waals surface area contributed by atoms with Crippen LogP contribution in [0.3, 0.4) is 0 Å². The van der Waals surface area contributed by atoms with Crippen molar-refractivity contribution in [1.29, 1.82) is 0 Å². The Morgan fingerprint density at radius 3 is 2.77 bits per heavy atom. The maximum Gasteiger partial charge on any atom is 0.194 e. The Balaban J connectivity index is 0.00000272. The Hall–Kier alpha value is -1.65. The van der Waals surface area contributed by atoms with E-state index < -0.39 is 0 Å². The minimum Gasteiger partial charge on any atom is -0.379 e. The van der Waals surface area contributed by atoms with Crippen LogP contribution in [0, 0.1) is 6.92 Å². The lowest BCUT2D eigenvalue weighted by molar-refractivity contribution is 0.0195. The van der Waals surface area contributed by atoms with Gasteiger partial charge in [-0.1, -0.05) is 24.3 Å². The lowest BCUT2D eigenvalue weighted by Gasteiger charge is -2.32. The molecule has 2 aliphatic heterocycles. The van der Waals surface area contributed by atoms with Crippen LogP contribution in [0.25, 0.3) is 0 Å². The van der Waals surface area contributed by atoms with Crippen LogP contribution in [0.1, 0.15) is 30.3 Å². The van der Waals surface area contributed by atoms with Gasteiger partial charge in [-0.2, -0.15) is 0 Å². The third kappa shape index (κ3) is 6.43. The molecule has 2 fully saturated rings. The highest BCUT2D eigenvalue weighted by atomic mass is 127. The summed E-state index contributed by atoms with van der Waals surface area (Å²) in [7, 11) is 0. The van der Waals surface area contributed by atoms with Gasteiger partial charge in [-0.25, -0.2) is 9.98 Å². The summed E-state index contributed by atoms with van der Waals surface area (Å²) >= 11 is 0. The number of rotatable bonds is 6. The van der Waals surface area contributed by atoms with Crippen molar-refractivity contribution in [2.75, 3.05) is 45.9 Å². The number of aliphatic imine (C=N–C) groups is 1. The third-order valence-electron chi connectivity index (χ3n) is 6.04. The van der Waals surface area contributed by atoms with E-state index in [1.807, 2.05) is 19.3 Å². The fraction of sp³-hybridized carbons (Fsp3) is 0.565. The van der Waals surface area contributed by atoms with E-state index in [4.69, 9.17) is 9.73 Å². The van der Waals surface area contributed by atoms with Crippen LogP contribution in [0.4, 0.5) is 0 Å². The fourth-order valence-electron chi connectivity index (χ4n) is 4.36. The van der Waals surface area contributed by atoms with Crippen molar-refractivity contribution in [2.24, 2.45) is 4.99 Å². The summed E-state index contributed by atoms with van der Waals surface area (Å²) in [4.78, 5) is 14.3. The quantitative estimate of drug-likeness (QED) is 0.349. The minimum absolute atomic E-state index is 0. The van der Waals surface area contributed by atoms with Crippen LogP contribution in [0.2, 0.25) is 0 Å². The maximum absolute atomic E-state index is 5.51. The van der Waals surface area contributed by atoms with E-state index in [0.29, 0.717) is 12.6 Å². The summed E-state index contributed by atoms with van der Waals surface area (Å²) in [5.41, 5.74) is 2.52. The summed E-state index contributed by atoms with van der Waals surface area (Å²) < 4.78 is 7.68. The Kier molecular flexibility index (Phi) is 9.15. The van der Waals surface area contributed by atoms with Gasteiger partial charge in [-0.05, 0) is 31.4 Å². The van der Waals surface area contributed by atoms with E-state index >= 15 is 0 Å². The number of hydrogen-bond donors (Lipinski definition) is 1. The zero-order chi connectivity index (χ0) is 20.8. The number of halogens is 1. The van der Waals surface area contributed by atoms with Crippen LogP contribution >= 0.6 is 24.0 Å². The molecular weight excluding hydrogens is 503 g/mol. The van der Waals surface area contributed by atoms with E-state index in [2.05, 4.69) is 55.9 Å². The Bertz CT molecular complexity index is 848. The standard InChI is InChI=1S/C23H34N6O.HI/c1-3-24-23(29-9-7-22(18-29)27-11-13-30-14-12-27)26-16-20-5-4-6-21(15-20)17-28-10-8-25-19(28)2;/h4-6,8,10,15,22H,3,7,9,11-14,16-18H2,1-2H3,(H,24,26);1H. The Labute approximate surface area is 202 Å². The molecule has 2 aliphatic rings. The Morgan fingerprint density at radius 2 is 2.03 bits per heavy atom. The lowest BCUT2D eigenvalue weighted by Crippen LogP contribution is -2.46. The van der Waals surface area contributed by atoms with Crippen LogP contribution in [-0.2, 0) is 17.8 Å². The van der Waals surface area contributed by atoms with Crippen molar-refractivity contribution < 1.29 is 4.74 Å². The monoisotopic (exact) mass is 538 g/mol. The first-order chi connectivity index (χ1) is 14.7. The first kappa shape index (κ1) is 24.0. The van der Waals surface area contributed by atoms with Crippen LogP contribution in [0.15, 0.2) is 41.7 Å². The molecule has 1 aromatic carbocycles. The zero-order valence-corrected chi connectivity index (χ0v) is 21.0. The third-order valence-corrected chi connectivity index (χ3v) is 6.04. The second-order valence-corrected chi connectivity index (χ2v) is 8.13. The van der Waals surface area contributed by atoms with Gasteiger partial charge < -0.3 is 19.5 Å². The molecule has 0 spiro atoms. The number of benzene rings is 1. The van der Waals surface area contributed by atoms with Crippen molar-refractivity contribution in [3.8, 4) is 0 Å². The predicted molar refractivity (Wildman–Crippen MR) is 135 cm³/mol. The lowest BCUT2D eigenvalue weighted by atomic mass is 10.1. The molecule has 170 valence electrons. The number of guanidine groups is 1. The first-order valence-corrected chi connectivity index (χ1v) is 11.1. The van der Waals surface area contributed by atoms with Gasteiger partial charge in [0.15, 0.2) is 5.96 Å². The van der Waals surface area contributed by atoms with Crippen molar-refractivity contribution in [3.05, 3.63) is 53.6 Å². The normalized spacial score (nSPS) is 20.0. The van der Waals surface area contributed by atoms with E-state index in [9.17, 15) is 0 Å². The summed E-state index contributed by atoms with van der Waals surface area (Å²) in [5.74, 6) is 2.07. The van der Waals surface area contributed by atoms with Gasteiger partial charge in [0, 0.05) is 57.7 Å². The Morgan fingerprint density at radius 1 is 1.23 bits per heavy atom. The zero-order valence-electron chi connectivity index (χ0n) is 18.7. The number of nitrogens with zero attached hydrogens (tertiary/aromatic N) is 5. The van der Waals surface area contributed by atoms with Crippen molar-refractivity contribution >= 4 is 29.9 Å². The van der Waals surface area contributed by atoms with Crippen molar-refractivity contribution in [2.45, 2.75) is 39.4 Å². The molecule has 8 heteroatoms. The number of ether oxygens (including phenoxy) is 1. The number of likely N-dealkylation sites (tertiary alicyclic amines) is 1. The van der Waals surface area contributed by atoms with Gasteiger partial charge in [0.25, 0.3) is 0 Å². The summed E-state index contributed by atoms with van der Waals surface area (Å²) in [5, 5.41) is 3.50. The first-order valence-electron chi connectivity index (χ1n) is 11.1. The van der Waals surface area contributed by atoms with Gasteiger partial charge >= 0.3 is 0 Å². The minimum atomic E-state index is 0. The second-order valence-electron chi connectivity index (χ2n) is 8.13. The van der Waals surface area contributed by atoms with Crippen LogP contribution in [0.5, 0.6) is 0 Å². The second kappa shape index (κ2) is 11.8. The fourth-order valence-corrected chi connectivity index (χ4v) is 4.36. The van der Waals surface area contributed by atoms with Crippen LogP contribution in [-0.4, -0.2) is 77.3 Å². The molecular formula is C23H35IN6O. The number of morpholine rings is 1. The molecule has 2 saturated heterocycles. The molecule has 3 heterocycles. The average Bonchev–Trinajstić information content (AvgIpc) is 3.42. The van der Waals surface area contributed by atoms with Gasteiger partial charge in [-0.15, -0.1) is 24.0 Å².